The first-order valence-corrected chi connectivity index (χ1v) is 6.31. The zero-order valence-corrected chi connectivity index (χ0v) is 12.0. The average molecular weight is 239 g/mol. The van der Waals surface area contributed by atoms with E-state index in [9.17, 15) is 4.79 Å². The number of rotatable bonds is 1. The maximum atomic E-state index is 12.1. The molecule has 0 aromatic rings. The fourth-order valence-corrected chi connectivity index (χ4v) is 2.37. The smallest absolute Gasteiger partial charge is 0.410 e. The van der Waals surface area contributed by atoms with Crippen molar-refractivity contribution >= 4 is 6.09 Å². The molecule has 0 spiro atoms. The average Bonchev–Trinajstić information content (AvgIpc) is 2.41. The number of ether oxygens (including phenoxy) is 1. The largest absolute Gasteiger partial charge is 0.444 e. The van der Waals surface area contributed by atoms with Crippen molar-refractivity contribution in [3.63, 3.8) is 0 Å². The van der Waals surface area contributed by atoms with Crippen LogP contribution >= 0.6 is 0 Å². The van der Waals surface area contributed by atoms with E-state index in [2.05, 4.69) is 26.8 Å². The number of hydrogen-bond acceptors (Lipinski definition) is 2. The molecule has 0 aliphatic carbocycles. The fraction of sp³-hybridized carbons (Fsp3) is 0.786. The third-order valence-electron chi connectivity index (χ3n) is 2.89. The minimum absolute atomic E-state index is 0.179. The van der Waals surface area contributed by atoms with Gasteiger partial charge in [-0.3, -0.25) is 4.90 Å². The molecule has 0 N–H and O–H groups in total. The van der Waals surface area contributed by atoms with Crippen molar-refractivity contribution in [2.75, 3.05) is 6.54 Å². The van der Waals surface area contributed by atoms with E-state index in [1.54, 1.807) is 0 Å². The molecule has 1 aliphatic heterocycles. The molecular weight excluding hydrogens is 214 g/mol. The molecule has 1 atom stereocenters. The Morgan fingerprint density at radius 1 is 1.35 bits per heavy atom. The molecule has 0 unspecified atom stereocenters. The van der Waals surface area contributed by atoms with Crippen LogP contribution < -0.4 is 0 Å². The molecule has 1 fully saturated rings. The minimum atomic E-state index is -0.425. The molecular formula is C14H25NO2. The second kappa shape index (κ2) is 4.71. The molecule has 3 heteroatoms. The van der Waals surface area contributed by atoms with Crippen molar-refractivity contribution in [3.8, 4) is 0 Å². The fourth-order valence-electron chi connectivity index (χ4n) is 2.37. The van der Waals surface area contributed by atoms with Crippen LogP contribution in [0.5, 0.6) is 0 Å². The highest BCUT2D eigenvalue weighted by atomic mass is 16.6. The molecule has 1 heterocycles. The van der Waals surface area contributed by atoms with Crippen molar-refractivity contribution < 1.29 is 9.53 Å². The predicted octanol–water partition coefficient (Wildman–Crippen LogP) is 3.74. The van der Waals surface area contributed by atoms with E-state index in [0.29, 0.717) is 0 Å². The van der Waals surface area contributed by atoms with E-state index in [-0.39, 0.29) is 11.6 Å². The summed E-state index contributed by atoms with van der Waals surface area (Å²) in [6, 6.07) is 0. The van der Waals surface area contributed by atoms with Crippen LogP contribution in [0.3, 0.4) is 0 Å². The van der Waals surface area contributed by atoms with Gasteiger partial charge in [0.1, 0.15) is 5.60 Å². The van der Waals surface area contributed by atoms with E-state index in [1.165, 1.54) is 5.57 Å². The molecule has 0 bridgehead atoms. The second-order valence-corrected chi connectivity index (χ2v) is 6.31. The van der Waals surface area contributed by atoms with Gasteiger partial charge in [0.2, 0.25) is 0 Å². The van der Waals surface area contributed by atoms with E-state index >= 15 is 0 Å². The van der Waals surface area contributed by atoms with Gasteiger partial charge in [-0.25, -0.2) is 4.79 Å². The summed E-state index contributed by atoms with van der Waals surface area (Å²) in [5.41, 5.74) is 0.634. The van der Waals surface area contributed by atoms with Gasteiger partial charge in [0.05, 0.1) is 5.54 Å². The van der Waals surface area contributed by atoms with Gasteiger partial charge in [0, 0.05) is 6.54 Å². The van der Waals surface area contributed by atoms with Crippen molar-refractivity contribution in [2.24, 2.45) is 0 Å². The molecule has 0 aromatic carbocycles. The Morgan fingerprint density at radius 3 is 2.41 bits per heavy atom. The number of hydrogen-bond donors (Lipinski definition) is 0. The molecule has 0 aromatic heterocycles. The third-order valence-corrected chi connectivity index (χ3v) is 2.89. The zero-order chi connectivity index (χ0) is 13.3. The summed E-state index contributed by atoms with van der Waals surface area (Å²) in [5.74, 6) is 0. The van der Waals surface area contributed by atoms with Crippen LogP contribution in [-0.4, -0.2) is 28.7 Å². The second-order valence-electron chi connectivity index (χ2n) is 6.31. The zero-order valence-electron chi connectivity index (χ0n) is 12.0. The number of allylic oxidation sites excluding steroid dienone is 1. The number of amides is 1. The Morgan fingerprint density at radius 2 is 1.94 bits per heavy atom. The number of nitrogens with zero attached hydrogens (tertiary/aromatic N) is 1. The predicted molar refractivity (Wildman–Crippen MR) is 70.0 cm³/mol. The number of likely N-dealkylation sites (tertiary alicyclic amines) is 1. The van der Waals surface area contributed by atoms with Gasteiger partial charge >= 0.3 is 6.09 Å². The molecule has 1 amide bonds. The highest BCUT2D eigenvalue weighted by Crippen LogP contribution is 2.32. The van der Waals surface area contributed by atoms with Crippen molar-refractivity contribution in [3.05, 3.63) is 11.6 Å². The Bertz CT molecular complexity index is 324. The first-order chi connectivity index (χ1) is 7.64. The summed E-state index contributed by atoms with van der Waals surface area (Å²) in [5, 5.41) is 0. The summed E-state index contributed by atoms with van der Waals surface area (Å²) < 4.78 is 5.46. The Labute approximate surface area is 105 Å². The van der Waals surface area contributed by atoms with E-state index < -0.39 is 5.60 Å². The standard InChI is InChI=1S/C14H25NO2/c1-11(2)10-14(6)8-7-9-15(14)12(16)17-13(3,4)5/h10H,7-9H2,1-6H3/t14-/m0/s1. The lowest BCUT2D eigenvalue weighted by molar-refractivity contribution is 0.0168. The summed E-state index contributed by atoms with van der Waals surface area (Å²) in [4.78, 5) is 14.0. The van der Waals surface area contributed by atoms with Crippen LogP contribution in [-0.2, 0) is 4.74 Å². The summed E-state index contributed by atoms with van der Waals surface area (Å²) in [6.45, 7) is 12.7. The van der Waals surface area contributed by atoms with Gasteiger partial charge in [-0.05, 0) is 54.4 Å². The molecule has 0 radical (unpaired) electrons. The van der Waals surface area contributed by atoms with Crippen LogP contribution in [0, 0.1) is 0 Å². The molecule has 1 saturated heterocycles. The minimum Gasteiger partial charge on any atom is -0.444 e. The molecule has 1 aliphatic rings. The van der Waals surface area contributed by atoms with E-state index in [4.69, 9.17) is 4.74 Å². The van der Waals surface area contributed by atoms with Gasteiger partial charge in [-0.15, -0.1) is 0 Å². The van der Waals surface area contributed by atoms with Crippen LogP contribution in [0.15, 0.2) is 11.6 Å². The monoisotopic (exact) mass is 239 g/mol. The highest BCUT2D eigenvalue weighted by molar-refractivity contribution is 5.70. The number of carbonyl (C=O) groups is 1. The Hall–Kier alpha value is -0.990. The Kier molecular flexibility index (Phi) is 3.90. The normalized spacial score (nSPS) is 24.7. The first-order valence-electron chi connectivity index (χ1n) is 6.31. The SMILES string of the molecule is CC(C)=C[C@]1(C)CCCN1C(=O)OC(C)(C)C. The van der Waals surface area contributed by atoms with Crippen LogP contribution in [0.2, 0.25) is 0 Å². The quantitative estimate of drug-likeness (QED) is 0.652. The maximum absolute atomic E-state index is 12.1. The van der Waals surface area contributed by atoms with E-state index in [1.807, 2.05) is 25.7 Å². The lowest BCUT2D eigenvalue weighted by Crippen LogP contribution is -2.46. The molecule has 0 saturated carbocycles. The van der Waals surface area contributed by atoms with Crippen LogP contribution in [0.4, 0.5) is 4.79 Å². The van der Waals surface area contributed by atoms with Crippen molar-refractivity contribution in [1.29, 1.82) is 0 Å². The Balaban J connectivity index is 2.83. The topological polar surface area (TPSA) is 29.5 Å². The van der Waals surface area contributed by atoms with Gasteiger partial charge in [-0.2, -0.15) is 0 Å². The van der Waals surface area contributed by atoms with Gasteiger partial charge in [0.25, 0.3) is 0 Å². The summed E-state index contributed by atoms with van der Waals surface area (Å²) >= 11 is 0. The molecule has 98 valence electrons. The van der Waals surface area contributed by atoms with Gasteiger partial charge in [-0.1, -0.05) is 11.6 Å². The van der Waals surface area contributed by atoms with Gasteiger partial charge in [0.15, 0.2) is 0 Å². The third kappa shape index (κ3) is 3.76. The van der Waals surface area contributed by atoms with Crippen molar-refractivity contribution in [2.45, 2.75) is 65.5 Å². The summed E-state index contributed by atoms with van der Waals surface area (Å²) in [7, 11) is 0. The lowest BCUT2D eigenvalue weighted by Gasteiger charge is -2.34. The lowest BCUT2D eigenvalue weighted by atomic mass is 9.96. The van der Waals surface area contributed by atoms with Gasteiger partial charge < -0.3 is 4.74 Å². The van der Waals surface area contributed by atoms with Crippen LogP contribution in [0.25, 0.3) is 0 Å². The first kappa shape index (κ1) is 14.1. The molecule has 3 nitrogen and oxygen atoms in total. The maximum Gasteiger partial charge on any atom is 0.410 e. The molecule has 1 rings (SSSR count). The van der Waals surface area contributed by atoms with Crippen LogP contribution in [0.1, 0.15) is 54.4 Å². The summed E-state index contributed by atoms with van der Waals surface area (Å²) in [6.07, 6.45) is 4.02. The highest BCUT2D eigenvalue weighted by Gasteiger charge is 2.39. The molecule has 17 heavy (non-hydrogen) atoms. The van der Waals surface area contributed by atoms with Crippen molar-refractivity contribution in [1.82, 2.24) is 4.90 Å². The number of carbonyl (C=O) groups excluding carboxylic acids is 1. The van der Waals surface area contributed by atoms with E-state index in [0.717, 1.165) is 19.4 Å².